The van der Waals surface area contributed by atoms with Crippen LogP contribution in [0.1, 0.15) is 11.1 Å². The normalized spacial score (nSPS) is 18.7. The fourth-order valence-corrected chi connectivity index (χ4v) is 4.04. The highest BCUT2D eigenvalue weighted by Gasteiger charge is 2.27. The van der Waals surface area contributed by atoms with Gasteiger partial charge in [-0.1, -0.05) is 66.7 Å². The molecule has 0 fully saturated rings. The second kappa shape index (κ2) is 7.77. The van der Waals surface area contributed by atoms with E-state index in [2.05, 4.69) is 29.2 Å². The molecule has 1 unspecified atom stereocenters. The summed E-state index contributed by atoms with van der Waals surface area (Å²) in [7, 11) is -3.05. The average molecular weight is 349 g/mol. The van der Waals surface area contributed by atoms with Crippen LogP contribution in [0.15, 0.2) is 72.1 Å². The van der Waals surface area contributed by atoms with E-state index in [1.165, 1.54) is 16.5 Å². The van der Waals surface area contributed by atoms with Crippen molar-refractivity contribution >= 4 is 9.84 Å². The molecular formula is C18H19ClNO2S-. The smallest absolute Gasteiger partial charge is 0.173 e. The van der Waals surface area contributed by atoms with Crippen LogP contribution in [0.4, 0.5) is 0 Å². The molecule has 1 aliphatic heterocycles. The molecule has 1 heterocycles. The third-order valence-electron chi connectivity index (χ3n) is 3.84. The number of hydrogen-bond donors (Lipinski definition) is 0. The van der Waals surface area contributed by atoms with Gasteiger partial charge in [-0.2, -0.15) is 0 Å². The number of nitrogens with zero attached hydrogens (tertiary/aromatic N) is 1. The van der Waals surface area contributed by atoms with Gasteiger partial charge in [-0.25, -0.2) is 8.42 Å². The zero-order chi connectivity index (χ0) is 15.4. The standard InChI is InChI=1S/C18H19NO2S.ClH/c20-22(21)12-11-18(15-22)19(13-16-7-3-1-4-8-16)14-17-9-5-2-6-10-17;/h1-12,18H,13-15H2;1H/p-1. The fraction of sp³-hybridized carbons (Fsp3) is 0.222. The summed E-state index contributed by atoms with van der Waals surface area (Å²) < 4.78 is 23.5. The van der Waals surface area contributed by atoms with Gasteiger partial charge in [0.05, 0.1) is 5.75 Å². The van der Waals surface area contributed by atoms with Crippen LogP contribution in [0.5, 0.6) is 0 Å². The molecule has 2 aromatic carbocycles. The molecule has 2 aromatic rings. The van der Waals surface area contributed by atoms with Crippen molar-refractivity contribution < 1.29 is 20.8 Å². The Morgan fingerprint density at radius 1 is 0.870 bits per heavy atom. The second-order valence-corrected chi connectivity index (χ2v) is 7.53. The molecular weight excluding hydrogens is 330 g/mol. The van der Waals surface area contributed by atoms with E-state index in [9.17, 15) is 8.42 Å². The van der Waals surface area contributed by atoms with Gasteiger partial charge in [0.25, 0.3) is 0 Å². The molecule has 0 bridgehead atoms. The summed E-state index contributed by atoms with van der Waals surface area (Å²) in [5, 5.41) is 1.35. The molecule has 1 atom stereocenters. The van der Waals surface area contributed by atoms with Crippen LogP contribution in [-0.2, 0) is 22.9 Å². The van der Waals surface area contributed by atoms with Gasteiger partial charge in [-0.15, -0.1) is 0 Å². The molecule has 0 aliphatic carbocycles. The largest absolute Gasteiger partial charge is 1.00 e. The van der Waals surface area contributed by atoms with E-state index in [-0.39, 0.29) is 24.2 Å². The molecule has 1 aliphatic rings. The number of hydrogen-bond acceptors (Lipinski definition) is 3. The van der Waals surface area contributed by atoms with Crippen molar-refractivity contribution in [2.24, 2.45) is 0 Å². The van der Waals surface area contributed by atoms with Crippen LogP contribution in [0, 0.1) is 0 Å². The molecule has 3 rings (SSSR count). The molecule has 0 amide bonds. The predicted molar refractivity (Wildman–Crippen MR) is 88.8 cm³/mol. The SMILES string of the molecule is O=S1(=O)C=CC(N(Cc2ccccc2)Cc2ccccc2)C1.[Cl-]. The fourth-order valence-electron chi connectivity index (χ4n) is 2.71. The first-order chi connectivity index (χ1) is 10.6. The van der Waals surface area contributed by atoms with Crippen LogP contribution in [0.2, 0.25) is 0 Å². The summed E-state index contributed by atoms with van der Waals surface area (Å²) in [6.45, 7) is 1.47. The zero-order valence-electron chi connectivity index (χ0n) is 12.7. The maximum Gasteiger partial charge on any atom is 0.173 e. The van der Waals surface area contributed by atoms with Gasteiger partial charge in [-0.05, 0) is 11.1 Å². The molecule has 122 valence electrons. The van der Waals surface area contributed by atoms with Gasteiger partial charge >= 0.3 is 0 Å². The third-order valence-corrected chi connectivity index (χ3v) is 5.22. The monoisotopic (exact) mass is 348 g/mol. The number of sulfone groups is 1. The Hall–Kier alpha value is -1.62. The van der Waals surface area contributed by atoms with Crippen LogP contribution in [0.3, 0.4) is 0 Å². The third kappa shape index (κ3) is 4.93. The van der Waals surface area contributed by atoms with E-state index in [4.69, 9.17) is 0 Å². The maximum absolute atomic E-state index is 11.7. The molecule has 0 N–H and O–H groups in total. The summed E-state index contributed by atoms with van der Waals surface area (Å²) in [5.41, 5.74) is 2.38. The van der Waals surface area contributed by atoms with Gasteiger partial charge < -0.3 is 12.4 Å². The highest BCUT2D eigenvalue weighted by atomic mass is 35.5. The Morgan fingerprint density at radius 3 is 1.74 bits per heavy atom. The number of benzene rings is 2. The Morgan fingerprint density at radius 2 is 1.35 bits per heavy atom. The van der Waals surface area contributed by atoms with Gasteiger partial charge in [0.2, 0.25) is 0 Å². The molecule has 23 heavy (non-hydrogen) atoms. The second-order valence-electron chi connectivity index (χ2n) is 5.60. The summed E-state index contributed by atoms with van der Waals surface area (Å²) in [5.74, 6) is 0.173. The molecule has 3 nitrogen and oxygen atoms in total. The minimum Gasteiger partial charge on any atom is -1.00 e. The molecule has 5 heteroatoms. The minimum absolute atomic E-state index is 0. The summed E-state index contributed by atoms with van der Waals surface area (Å²) in [6.07, 6.45) is 1.81. The van der Waals surface area contributed by atoms with Crippen molar-refractivity contribution in [2.45, 2.75) is 19.1 Å². The number of rotatable bonds is 5. The molecule has 0 saturated carbocycles. The molecule has 0 spiro atoms. The first-order valence-electron chi connectivity index (χ1n) is 7.35. The lowest BCUT2D eigenvalue weighted by Crippen LogP contribution is -3.00. The van der Waals surface area contributed by atoms with Gasteiger partial charge in [0, 0.05) is 24.5 Å². The summed E-state index contributed by atoms with van der Waals surface area (Å²) in [4.78, 5) is 2.21. The average Bonchev–Trinajstić information content (AvgIpc) is 2.89. The molecule has 0 saturated heterocycles. The Kier molecular flexibility index (Phi) is 5.99. The summed E-state index contributed by atoms with van der Waals surface area (Å²) >= 11 is 0. The van der Waals surface area contributed by atoms with E-state index >= 15 is 0 Å². The van der Waals surface area contributed by atoms with Crippen molar-refractivity contribution in [3.05, 3.63) is 83.3 Å². The Balaban J connectivity index is 0.00000192. The molecule has 0 radical (unpaired) electrons. The predicted octanol–water partition coefficient (Wildman–Crippen LogP) is 0.00350. The first kappa shape index (κ1) is 17.7. The quantitative estimate of drug-likeness (QED) is 0.763. The van der Waals surface area contributed by atoms with Gasteiger partial charge in [-0.3, -0.25) is 4.90 Å². The van der Waals surface area contributed by atoms with Crippen molar-refractivity contribution in [2.75, 3.05) is 5.75 Å². The van der Waals surface area contributed by atoms with Crippen molar-refractivity contribution in [1.29, 1.82) is 0 Å². The molecule has 0 aromatic heterocycles. The van der Waals surface area contributed by atoms with E-state index in [1.807, 2.05) is 36.4 Å². The lowest BCUT2D eigenvalue weighted by atomic mass is 10.1. The highest BCUT2D eigenvalue weighted by Crippen LogP contribution is 2.20. The zero-order valence-corrected chi connectivity index (χ0v) is 14.2. The van der Waals surface area contributed by atoms with E-state index in [0.717, 1.165) is 13.1 Å². The van der Waals surface area contributed by atoms with Crippen molar-refractivity contribution in [3.8, 4) is 0 Å². The van der Waals surface area contributed by atoms with Crippen molar-refractivity contribution in [3.63, 3.8) is 0 Å². The van der Waals surface area contributed by atoms with E-state index < -0.39 is 9.84 Å². The number of halogens is 1. The first-order valence-corrected chi connectivity index (χ1v) is 9.07. The lowest BCUT2D eigenvalue weighted by Gasteiger charge is -2.27. The Bertz CT molecular complexity index is 704. The Labute approximate surface area is 144 Å². The van der Waals surface area contributed by atoms with Gasteiger partial charge in [0.1, 0.15) is 0 Å². The topological polar surface area (TPSA) is 37.4 Å². The highest BCUT2D eigenvalue weighted by molar-refractivity contribution is 7.94. The lowest BCUT2D eigenvalue weighted by molar-refractivity contribution is -0.00000681. The van der Waals surface area contributed by atoms with Crippen LogP contribution < -0.4 is 12.4 Å². The van der Waals surface area contributed by atoms with Gasteiger partial charge in [0.15, 0.2) is 9.84 Å². The van der Waals surface area contributed by atoms with Crippen molar-refractivity contribution in [1.82, 2.24) is 4.90 Å². The van der Waals surface area contributed by atoms with E-state index in [1.54, 1.807) is 6.08 Å². The van der Waals surface area contributed by atoms with Crippen LogP contribution in [-0.4, -0.2) is 25.1 Å². The maximum atomic E-state index is 11.7. The minimum atomic E-state index is -3.05. The van der Waals surface area contributed by atoms with Crippen LogP contribution >= 0.6 is 0 Å². The van der Waals surface area contributed by atoms with E-state index in [0.29, 0.717) is 0 Å². The summed E-state index contributed by atoms with van der Waals surface area (Å²) in [6, 6.07) is 20.3. The van der Waals surface area contributed by atoms with Crippen LogP contribution in [0.25, 0.3) is 0 Å².